The highest BCUT2D eigenvalue weighted by Gasteiger charge is 2.27. The molecular weight excluding hydrogens is 202 g/mol. The summed E-state index contributed by atoms with van der Waals surface area (Å²) >= 11 is 0. The fourth-order valence-electron chi connectivity index (χ4n) is 1.80. The average molecular weight is 223 g/mol. The largest absolute Gasteiger partial charge is 0.450 e. The Kier molecular flexibility index (Phi) is 5.77. The molecule has 3 heteroatoms. The van der Waals surface area contributed by atoms with E-state index in [1.807, 2.05) is 6.92 Å². The minimum Gasteiger partial charge on any atom is -0.450 e. The second kappa shape index (κ2) is 7.16. The summed E-state index contributed by atoms with van der Waals surface area (Å²) < 4.78 is 5.00. The van der Waals surface area contributed by atoms with Gasteiger partial charge in [0, 0.05) is 13.0 Å². The fourth-order valence-corrected chi connectivity index (χ4v) is 1.80. The van der Waals surface area contributed by atoms with Gasteiger partial charge in [-0.05, 0) is 26.2 Å². The molecule has 0 saturated carbocycles. The first-order chi connectivity index (χ1) is 7.79. The summed E-state index contributed by atoms with van der Waals surface area (Å²) in [5, 5.41) is 0. The molecule has 0 radical (unpaired) electrons. The Morgan fingerprint density at radius 2 is 2.31 bits per heavy atom. The fraction of sp³-hybridized carbons (Fsp3) is 0.769. The van der Waals surface area contributed by atoms with Gasteiger partial charge in [-0.2, -0.15) is 0 Å². The van der Waals surface area contributed by atoms with Crippen molar-refractivity contribution in [1.82, 2.24) is 4.90 Å². The summed E-state index contributed by atoms with van der Waals surface area (Å²) in [4.78, 5) is 13.3. The van der Waals surface area contributed by atoms with Crippen molar-refractivity contribution < 1.29 is 9.53 Å². The molecule has 90 valence electrons. The second-order valence-corrected chi connectivity index (χ2v) is 3.98. The molecule has 0 aromatic rings. The standard InChI is InChI=1S/C13H21NO2/c1-3-5-6-7-9-12-10-8-11-14(12)13(15)16-4-2/h12H,3-6,8,10-11H2,1-2H3. The van der Waals surface area contributed by atoms with E-state index in [0.717, 1.165) is 32.2 Å². The lowest BCUT2D eigenvalue weighted by Gasteiger charge is -2.19. The highest BCUT2D eigenvalue weighted by molar-refractivity contribution is 5.69. The SMILES string of the molecule is CCCCC#CC1CCCN1C(=O)OCC. The van der Waals surface area contributed by atoms with Crippen LogP contribution in [0.2, 0.25) is 0 Å². The Bertz CT molecular complexity index is 277. The minimum absolute atomic E-state index is 0.0795. The number of carbonyl (C=O) groups excluding carboxylic acids is 1. The highest BCUT2D eigenvalue weighted by Crippen LogP contribution is 2.17. The van der Waals surface area contributed by atoms with Gasteiger partial charge in [0.15, 0.2) is 0 Å². The van der Waals surface area contributed by atoms with Crippen LogP contribution in [0.15, 0.2) is 0 Å². The summed E-state index contributed by atoms with van der Waals surface area (Å²) in [5.74, 6) is 6.34. The van der Waals surface area contributed by atoms with Gasteiger partial charge in [0.1, 0.15) is 0 Å². The predicted octanol–water partition coefficient (Wildman–Crippen LogP) is 2.80. The monoisotopic (exact) mass is 223 g/mol. The van der Waals surface area contributed by atoms with E-state index >= 15 is 0 Å². The van der Waals surface area contributed by atoms with Gasteiger partial charge >= 0.3 is 6.09 Å². The summed E-state index contributed by atoms with van der Waals surface area (Å²) in [6.07, 6.45) is 5.04. The molecule has 0 aromatic heterocycles. The molecule has 1 amide bonds. The molecule has 1 fully saturated rings. The van der Waals surface area contributed by atoms with Crippen LogP contribution in [0.25, 0.3) is 0 Å². The third-order valence-corrected chi connectivity index (χ3v) is 2.68. The highest BCUT2D eigenvalue weighted by atomic mass is 16.6. The van der Waals surface area contributed by atoms with Crippen molar-refractivity contribution >= 4 is 6.09 Å². The van der Waals surface area contributed by atoms with Crippen molar-refractivity contribution in [2.24, 2.45) is 0 Å². The van der Waals surface area contributed by atoms with Crippen molar-refractivity contribution in [3.05, 3.63) is 0 Å². The molecule has 1 rings (SSSR count). The van der Waals surface area contributed by atoms with Gasteiger partial charge in [0.25, 0.3) is 0 Å². The molecule has 1 atom stereocenters. The van der Waals surface area contributed by atoms with Crippen LogP contribution in [-0.4, -0.2) is 30.2 Å². The number of ether oxygens (including phenoxy) is 1. The van der Waals surface area contributed by atoms with Gasteiger partial charge in [-0.15, -0.1) is 5.92 Å². The summed E-state index contributed by atoms with van der Waals surface area (Å²) in [7, 11) is 0. The van der Waals surface area contributed by atoms with Gasteiger partial charge in [0.05, 0.1) is 12.6 Å². The molecule has 0 aromatic carbocycles. The van der Waals surface area contributed by atoms with Crippen LogP contribution >= 0.6 is 0 Å². The maximum atomic E-state index is 11.6. The van der Waals surface area contributed by atoms with E-state index in [-0.39, 0.29) is 12.1 Å². The third-order valence-electron chi connectivity index (χ3n) is 2.68. The molecule has 1 saturated heterocycles. The Morgan fingerprint density at radius 3 is 3.00 bits per heavy atom. The van der Waals surface area contributed by atoms with Crippen LogP contribution in [0, 0.1) is 11.8 Å². The van der Waals surface area contributed by atoms with E-state index in [4.69, 9.17) is 4.74 Å². The van der Waals surface area contributed by atoms with Crippen LogP contribution in [0.5, 0.6) is 0 Å². The molecule has 1 aliphatic rings. The average Bonchev–Trinajstić information content (AvgIpc) is 2.73. The number of amides is 1. The van der Waals surface area contributed by atoms with Crippen molar-refractivity contribution in [3.63, 3.8) is 0 Å². The molecule has 1 unspecified atom stereocenters. The van der Waals surface area contributed by atoms with E-state index in [1.54, 1.807) is 4.90 Å². The molecule has 0 bridgehead atoms. The van der Waals surface area contributed by atoms with Gasteiger partial charge in [-0.25, -0.2) is 4.79 Å². The van der Waals surface area contributed by atoms with E-state index in [2.05, 4.69) is 18.8 Å². The maximum absolute atomic E-state index is 11.6. The van der Waals surface area contributed by atoms with Gasteiger partial charge in [-0.3, -0.25) is 4.90 Å². The summed E-state index contributed by atoms with van der Waals surface area (Å²) in [6.45, 7) is 5.20. The van der Waals surface area contributed by atoms with Crippen molar-refractivity contribution in [2.75, 3.05) is 13.2 Å². The lowest BCUT2D eigenvalue weighted by Crippen LogP contribution is -2.35. The zero-order valence-electron chi connectivity index (χ0n) is 10.3. The minimum atomic E-state index is -0.213. The van der Waals surface area contributed by atoms with Gasteiger partial charge < -0.3 is 4.74 Å². The first-order valence-electron chi connectivity index (χ1n) is 6.21. The Hall–Kier alpha value is -1.17. The smallest absolute Gasteiger partial charge is 0.410 e. The zero-order valence-corrected chi connectivity index (χ0v) is 10.3. The molecule has 16 heavy (non-hydrogen) atoms. The normalized spacial score (nSPS) is 19.1. The van der Waals surface area contributed by atoms with Crippen LogP contribution < -0.4 is 0 Å². The van der Waals surface area contributed by atoms with E-state index < -0.39 is 0 Å². The zero-order chi connectivity index (χ0) is 11.8. The topological polar surface area (TPSA) is 29.5 Å². The Morgan fingerprint density at radius 1 is 1.50 bits per heavy atom. The molecule has 0 aliphatic carbocycles. The predicted molar refractivity (Wildman–Crippen MR) is 64.1 cm³/mol. The van der Waals surface area contributed by atoms with Crippen molar-refractivity contribution in [3.8, 4) is 11.8 Å². The molecule has 0 spiro atoms. The van der Waals surface area contributed by atoms with Crippen LogP contribution in [0.3, 0.4) is 0 Å². The van der Waals surface area contributed by atoms with E-state index in [0.29, 0.717) is 6.61 Å². The number of hydrogen-bond acceptors (Lipinski definition) is 2. The van der Waals surface area contributed by atoms with Crippen LogP contribution in [-0.2, 0) is 4.74 Å². The van der Waals surface area contributed by atoms with E-state index in [9.17, 15) is 4.79 Å². The number of rotatable bonds is 3. The van der Waals surface area contributed by atoms with Crippen LogP contribution in [0.4, 0.5) is 4.79 Å². The molecule has 1 heterocycles. The number of nitrogens with zero attached hydrogens (tertiary/aromatic N) is 1. The number of carbonyl (C=O) groups is 1. The van der Waals surface area contributed by atoms with Crippen molar-refractivity contribution in [2.45, 2.75) is 52.0 Å². The first kappa shape index (κ1) is 12.9. The lowest BCUT2D eigenvalue weighted by atomic mass is 10.2. The molecule has 0 N–H and O–H groups in total. The number of hydrogen-bond donors (Lipinski definition) is 0. The lowest BCUT2D eigenvalue weighted by molar-refractivity contribution is 0.109. The quantitative estimate of drug-likeness (QED) is 0.544. The third kappa shape index (κ3) is 3.77. The van der Waals surface area contributed by atoms with Gasteiger partial charge in [-0.1, -0.05) is 19.3 Å². The summed E-state index contributed by atoms with van der Waals surface area (Å²) in [6, 6.07) is 0.0795. The first-order valence-corrected chi connectivity index (χ1v) is 6.21. The Labute approximate surface area is 98.1 Å². The number of unbranched alkanes of at least 4 members (excludes halogenated alkanes) is 2. The second-order valence-electron chi connectivity index (χ2n) is 3.98. The van der Waals surface area contributed by atoms with E-state index in [1.165, 1.54) is 6.42 Å². The summed E-state index contributed by atoms with van der Waals surface area (Å²) in [5.41, 5.74) is 0. The van der Waals surface area contributed by atoms with Gasteiger partial charge in [0.2, 0.25) is 0 Å². The maximum Gasteiger partial charge on any atom is 0.410 e. The molecule has 3 nitrogen and oxygen atoms in total. The molecule has 1 aliphatic heterocycles. The van der Waals surface area contributed by atoms with Crippen molar-refractivity contribution in [1.29, 1.82) is 0 Å². The molecular formula is C13H21NO2. The number of likely N-dealkylation sites (tertiary alicyclic amines) is 1. The van der Waals surface area contributed by atoms with Crippen LogP contribution in [0.1, 0.15) is 46.0 Å². The Balaban J connectivity index is 2.44.